The lowest BCUT2D eigenvalue weighted by Crippen LogP contribution is -2.37. The van der Waals surface area contributed by atoms with E-state index in [2.05, 4.69) is 9.89 Å². The third kappa shape index (κ3) is 2.27. The van der Waals surface area contributed by atoms with Crippen LogP contribution in [0.4, 0.5) is 0 Å². The molecule has 0 bridgehead atoms. The molecule has 0 aromatic heterocycles. The van der Waals surface area contributed by atoms with Gasteiger partial charge in [0.05, 0.1) is 24.6 Å². The lowest BCUT2D eigenvalue weighted by Gasteiger charge is -2.26. The van der Waals surface area contributed by atoms with Crippen molar-refractivity contribution >= 4 is 12.0 Å². The standard InChI is InChI=1S/C10H14N2O2/c13-8-10-2-1-9(11-10)7-12-3-5-14-6-4-12/h1,8H,2-7H2. The van der Waals surface area contributed by atoms with E-state index >= 15 is 0 Å². The number of ether oxygens (including phenoxy) is 1. The smallest absolute Gasteiger partial charge is 0.164 e. The van der Waals surface area contributed by atoms with Crippen molar-refractivity contribution in [1.29, 1.82) is 0 Å². The molecule has 2 aliphatic heterocycles. The lowest BCUT2D eigenvalue weighted by atomic mass is 10.3. The predicted octanol–water partition coefficient (Wildman–Crippen LogP) is 0.246. The summed E-state index contributed by atoms with van der Waals surface area (Å²) in [6.45, 7) is 4.38. The number of morpholine rings is 1. The molecule has 0 radical (unpaired) electrons. The molecule has 4 nitrogen and oxygen atoms in total. The molecular weight excluding hydrogens is 180 g/mol. The normalized spacial score (nSPS) is 23.1. The van der Waals surface area contributed by atoms with Crippen molar-refractivity contribution in [3.63, 3.8) is 0 Å². The number of aliphatic imine (C=N–C) groups is 1. The number of rotatable bonds is 3. The van der Waals surface area contributed by atoms with Gasteiger partial charge in [0.1, 0.15) is 0 Å². The molecule has 76 valence electrons. The molecule has 4 heteroatoms. The molecule has 0 unspecified atom stereocenters. The van der Waals surface area contributed by atoms with E-state index < -0.39 is 0 Å². The molecule has 2 rings (SSSR count). The largest absolute Gasteiger partial charge is 0.379 e. The number of carbonyl (C=O) groups is 1. The average Bonchev–Trinajstić information content (AvgIpc) is 2.67. The molecule has 0 amide bonds. The molecule has 1 fully saturated rings. The number of carbonyl (C=O) groups excluding carboxylic acids is 1. The van der Waals surface area contributed by atoms with Gasteiger partial charge in [0.2, 0.25) is 0 Å². The average molecular weight is 194 g/mol. The molecule has 2 heterocycles. The Morgan fingerprint density at radius 1 is 1.50 bits per heavy atom. The fraction of sp³-hybridized carbons (Fsp3) is 0.600. The van der Waals surface area contributed by atoms with Crippen LogP contribution in [-0.4, -0.2) is 49.7 Å². The molecule has 0 saturated carbocycles. The van der Waals surface area contributed by atoms with Gasteiger partial charge in [-0.05, 0) is 0 Å². The van der Waals surface area contributed by atoms with Gasteiger partial charge in [-0.15, -0.1) is 0 Å². The first-order valence-electron chi connectivity index (χ1n) is 4.90. The Balaban J connectivity index is 1.85. The molecule has 0 aromatic rings. The molecular formula is C10H14N2O2. The zero-order valence-corrected chi connectivity index (χ0v) is 8.11. The number of hydrogen-bond donors (Lipinski definition) is 0. The van der Waals surface area contributed by atoms with E-state index in [0.717, 1.165) is 44.8 Å². The van der Waals surface area contributed by atoms with E-state index in [9.17, 15) is 4.79 Å². The van der Waals surface area contributed by atoms with E-state index in [0.29, 0.717) is 12.1 Å². The van der Waals surface area contributed by atoms with E-state index in [1.807, 2.05) is 6.08 Å². The van der Waals surface area contributed by atoms with Crippen LogP contribution in [-0.2, 0) is 9.53 Å². The summed E-state index contributed by atoms with van der Waals surface area (Å²) in [4.78, 5) is 17.0. The van der Waals surface area contributed by atoms with Crippen LogP contribution in [0.25, 0.3) is 0 Å². The first kappa shape index (κ1) is 9.55. The highest BCUT2D eigenvalue weighted by molar-refractivity contribution is 6.29. The van der Waals surface area contributed by atoms with Crippen molar-refractivity contribution in [2.75, 3.05) is 32.8 Å². The molecule has 0 atom stereocenters. The van der Waals surface area contributed by atoms with Crippen LogP contribution in [0.15, 0.2) is 16.8 Å². The van der Waals surface area contributed by atoms with Crippen molar-refractivity contribution in [1.82, 2.24) is 4.90 Å². The Kier molecular flexibility index (Phi) is 3.06. The summed E-state index contributed by atoms with van der Waals surface area (Å²) in [5, 5.41) is 0. The second-order valence-electron chi connectivity index (χ2n) is 3.51. The van der Waals surface area contributed by atoms with Gasteiger partial charge in [-0.2, -0.15) is 0 Å². The van der Waals surface area contributed by atoms with Crippen molar-refractivity contribution in [3.8, 4) is 0 Å². The number of aldehydes is 1. The fourth-order valence-electron chi connectivity index (χ4n) is 1.66. The minimum atomic E-state index is 0.647. The maximum Gasteiger partial charge on any atom is 0.164 e. The second-order valence-corrected chi connectivity index (χ2v) is 3.51. The van der Waals surface area contributed by atoms with Gasteiger partial charge in [0.15, 0.2) is 6.29 Å². The highest BCUT2D eigenvalue weighted by Gasteiger charge is 2.14. The zero-order valence-electron chi connectivity index (χ0n) is 8.11. The van der Waals surface area contributed by atoms with Crippen molar-refractivity contribution < 1.29 is 9.53 Å². The first-order chi connectivity index (χ1) is 6.88. The Morgan fingerprint density at radius 2 is 2.29 bits per heavy atom. The summed E-state index contributed by atoms with van der Waals surface area (Å²) in [6.07, 6.45) is 3.56. The monoisotopic (exact) mass is 194 g/mol. The summed E-state index contributed by atoms with van der Waals surface area (Å²) in [6, 6.07) is 0. The quantitative estimate of drug-likeness (QED) is 0.605. The van der Waals surface area contributed by atoms with Crippen LogP contribution in [0, 0.1) is 0 Å². The van der Waals surface area contributed by atoms with Crippen molar-refractivity contribution in [2.45, 2.75) is 6.42 Å². The van der Waals surface area contributed by atoms with E-state index in [1.54, 1.807) is 0 Å². The van der Waals surface area contributed by atoms with Gasteiger partial charge in [0.25, 0.3) is 0 Å². The summed E-state index contributed by atoms with van der Waals surface area (Å²) in [5.74, 6) is 0. The van der Waals surface area contributed by atoms with Crippen molar-refractivity contribution in [3.05, 3.63) is 11.8 Å². The van der Waals surface area contributed by atoms with Gasteiger partial charge in [-0.25, -0.2) is 0 Å². The van der Waals surface area contributed by atoms with Crippen LogP contribution >= 0.6 is 0 Å². The third-order valence-electron chi connectivity index (χ3n) is 2.46. The number of nitrogens with zero attached hydrogens (tertiary/aromatic N) is 2. The molecule has 0 aromatic carbocycles. The summed E-state index contributed by atoms with van der Waals surface area (Å²) in [5.41, 5.74) is 1.67. The molecule has 0 N–H and O–H groups in total. The van der Waals surface area contributed by atoms with Gasteiger partial charge in [-0.1, -0.05) is 6.08 Å². The fourth-order valence-corrected chi connectivity index (χ4v) is 1.66. The van der Waals surface area contributed by atoms with Crippen LogP contribution in [0.3, 0.4) is 0 Å². The Bertz CT molecular complexity index is 278. The van der Waals surface area contributed by atoms with E-state index in [1.165, 1.54) is 0 Å². The second kappa shape index (κ2) is 4.48. The van der Waals surface area contributed by atoms with Gasteiger partial charge in [-0.3, -0.25) is 14.7 Å². The Labute approximate surface area is 83.3 Å². The predicted molar refractivity (Wildman–Crippen MR) is 53.5 cm³/mol. The molecule has 0 aliphatic carbocycles. The lowest BCUT2D eigenvalue weighted by molar-refractivity contribution is -0.102. The molecule has 2 aliphatic rings. The van der Waals surface area contributed by atoms with Gasteiger partial charge in [0, 0.05) is 26.1 Å². The zero-order chi connectivity index (χ0) is 9.80. The maximum atomic E-state index is 10.4. The van der Waals surface area contributed by atoms with Crippen LogP contribution in [0.5, 0.6) is 0 Å². The van der Waals surface area contributed by atoms with Crippen LogP contribution < -0.4 is 0 Å². The third-order valence-corrected chi connectivity index (χ3v) is 2.46. The first-order valence-corrected chi connectivity index (χ1v) is 4.90. The SMILES string of the molecule is O=CC1=NC(CN2CCOCC2)=CC1. The highest BCUT2D eigenvalue weighted by Crippen LogP contribution is 2.11. The number of allylic oxidation sites excluding steroid dienone is 1. The maximum absolute atomic E-state index is 10.4. The molecule has 0 spiro atoms. The summed E-state index contributed by atoms with van der Waals surface area (Å²) in [7, 11) is 0. The topological polar surface area (TPSA) is 41.9 Å². The van der Waals surface area contributed by atoms with Crippen molar-refractivity contribution in [2.24, 2.45) is 4.99 Å². The summed E-state index contributed by atoms with van der Waals surface area (Å²) < 4.78 is 5.25. The van der Waals surface area contributed by atoms with Gasteiger partial charge < -0.3 is 4.74 Å². The van der Waals surface area contributed by atoms with Crippen LogP contribution in [0.2, 0.25) is 0 Å². The van der Waals surface area contributed by atoms with Crippen LogP contribution in [0.1, 0.15) is 6.42 Å². The number of hydrogen-bond acceptors (Lipinski definition) is 4. The van der Waals surface area contributed by atoms with E-state index in [-0.39, 0.29) is 0 Å². The molecule has 1 saturated heterocycles. The van der Waals surface area contributed by atoms with E-state index in [4.69, 9.17) is 4.74 Å². The Morgan fingerprint density at radius 3 is 2.93 bits per heavy atom. The minimum Gasteiger partial charge on any atom is -0.379 e. The molecule has 14 heavy (non-hydrogen) atoms. The summed E-state index contributed by atoms with van der Waals surface area (Å²) >= 11 is 0. The highest BCUT2D eigenvalue weighted by atomic mass is 16.5. The Hall–Kier alpha value is -1.00. The van der Waals surface area contributed by atoms with Gasteiger partial charge >= 0.3 is 0 Å². The minimum absolute atomic E-state index is 0.647.